The number of benzene rings is 1. The van der Waals surface area contributed by atoms with E-state index in [0.29, 0.717) is 38.6 Å². The normalized spacial score (nSPS) is 22.5. The first-order valence-electron chi connectivity index (χ1n) is 17.0. The van der Waals surface area contributed by atoms with E-state index in [0.717, 1.165) is 22.9 Å². The first kappa shape index (κ1) is 37.5. The lowest BCUT2D eigenvalue weighted by atomic mass is 9.95. The minimum atomic E-state index is -1.05. The second-order valence-corrected chi connectivity index (χ2v) is 12.7. The third-order valence-electron chi connectivity index (χ3n) is 9.19. The molecular formula is C35H53N5O7. The molecule has 3 rings (SSSR count). The summed E-state index contributed by atoms with van der Waals surface area (Å²) in [4.78, 5) is 74.6. The fraction of sp³-hybridized carbons (Fsp3) is 0.629. The quantitative estimate of drug-likeness (QED) is 0.215. The first-order chi connectivity index (χ1) is 22.4. The second-order valence-electron chi connectivity index (χ2n) is 12.7. The third kappa shape index (κ3) is 9.79. The molecule has 1 fully saturated rings. The number of para-hydroxylation sites is 1. The predicted molar refractivity (Wildman–Crippen MR) is 179 cm³/mol. The van der Waals surface area contributed by atoms with Crippen molar-refractivity contribution in [1.29, 1.82) is 0 Å². The van der Waals surface area contributed by atoms with Gasteiger partial charge in [0.1, 0.15) is 37.4 Å². The van der Waals surface area contributed by atoms with Crippen LogP contribution in [0.4, 0.5) is 0 Å². The number of nitrogens with one attached hydrogen (secondary N) is 3. The number of carbonyl (C=O) groups excluding carboxylic acids is 5. The van der Waals surface area contributed by atoms with E-state index in [4.69, 9.17) is 4.84 Å². The van der Waals surface area contributed by atoms with Crippen molar-refractivity contribution in [1.82, 2.24) is 25.6 Å². The van der Waals surface area contributed by atoms with Gasteiger partial charge in [0.15, 0.2) is 5.78 Å². The van der Waals surface area contributed by atoms with Crippen LogP contribution in [0.2, 0.25) is 0 Å². The number of aliphatic hydroxyl groups excluding tert-OH is 1. The fourth-order valence-electron chi connectivity index (χ4n) is 5.91. The van der Waals surface area contributed by atoms with E-state index in [1.54, 1.807) is 25.0 Å². The highest BCUT2D eigenvalue weighted by Gasteiger charge is 2.38. The zero-order valence-electron chi connectivity index (χ0n) is 28.7. The number of rotatable bonds is 15. The van der Waals surface area contributed by atoms with Gasteiger partial charge in [-0.3, -0.25) is 24.0 Å². The summed E-state index contributed by atoms with van der Waals surface area (Å²) in [6.45, 7) is 9.25. The molecule has 4 N–H and O–H groups in total. The van der Waals surface area contributed by atoms with Crippen LogP contribution in [0.25, 0.3) is 10.9 Å². The van der Waals surface area contributed by atoms with Gasteiger partial charge in [-0.2, -0.15) is 4.73 Å². The van der Waals surface area contributed by atoms with Gasteiger partial charge >= 0.3 is 0 Å². The number of aromatic nitrogens is 1. The van der Waals surface area contributed by atoms with Crippen molar-refractivity contribution in [3.63, 3.8) is 0 Å². The Morgan fingerprint density at radius 1 is 0.936 bits per heavy atom. The van der Waals surface area contributed by atoms with Crippen molar-refractivity contribution in [3.05, 3.63) is 36.0 Å². The van der Waals surface area contributed by atoms with E-state index in [9.17, 15) is 29.1 Å². The van der Waals surface area contributed by atoms with Crippen LogP contribution >= 0.6 is 0 Å². The van der Waals surface area contributed by atoms with Crippen LogP contribution in [-0.2, 0) is 30.4 Å². The highest BCUT2D eigenvalue weighted by Crippen LogP contribution is 2.23. The molecular weight excluding hydrogens is 602 g/mol. The van der Waals surface area contributed by atoms with Crippen LogP contribution in [0.15, 0.2) is 30.5 Å². The van der Waals surface area contributed by atoms with Gasteiger partial charge in [-0.15, -0.1) is 0 Å². The largest absolute Gasteiger partial charge is 0.417 e. The average molecular weight is 656 g/mol. The van der Waals surface area contributed by atoms with Crippen molar-refractivity contribution in [2.24, 2.45) is 5.92 Å². The molecule has 2 heterocycles. The number of hydrogen-bond donors (Lipinski definition) is 4. The van der Waals surface area contributed by atoms with Gasteiger partial charge in [0, 0.05) is 31.0 Å². The molecule has 0 aliphatic carbocycles. The van der Waals surface area contributed by atoms with Crippen LogP contribution < -0.4 is 20.8 Å². The summed E-state index contributed by atoms with van der Waals surface area (Å²) in [5.74, 6) is -2.25. The van der Waals surface area contributed by atoms with E-state index in [2.05, 4.69) is 16.0 Å². The Kier molecular flexibility index (Phi) is 14.2. The van der Waals surface area contributed by atoms with Gasteiger partial charge in [0.05, 0.1) is 5.52 Å². The molecule has 1 saturated heterocycles. The zero-order valence-corrected chi connectivity index (χ0v) is 28.7. The fourth-order valence-corrected chi connectivity index (χ4v) is 5.91. The number of hydrogen-bond acceptors (Lipinski definition) is 7. The average Bonchev–Trinajstić information content (AvgIpc) is 3.42. The lowest BCUT2D eigenvalue weighted by Gasteiger charge is -2.36. The van der Waals surface area contributed by atoms with Gasteiger partial charge in [-0.05, 0) is 50.7 Å². The van der Waals surface area contributed by atoms with E-state index in [1.807, 2.05) is 45.0 Å². The molecule has 260 valence electrons. The lowest BCUT2D eigenvalue weighted by molar-refractivity contribution is -0.145. The highest BCUT2D eigenvalue weighted by atomic mass is 16.6. The molecule has 1 aliphatic heterocycles. The summed E-state index contributed by atoms with van der Waals surface area (Å²) in [5.41, 5.74) is 1.57. The van der Waals surface area contributed by atoms with Crippen molar-refractivity contribution in [2.75, 3.05) is 13.7 Å². The maximum atomic E-state index is 14.1. The topological polar surface area (TPSA) is 159 Å². The number of Topliss-reactive ketones (excluding diaryl/α,β-unsaturated/α-hetero) is 1. The molecule has 6 atom stereocenters. The van der Waals surface area contributed by atoms with Gasteiger partial charge in [0.2, 0.25) is 23.6 Å². The molecule has 12 heteroatoms. The molecule has 47 heavy (non-hydrogen) atoms. The van der Waals surface area contributed by atoms with Crippen LogP contribution in [0.5, 0.6) is 0 Å². The number of unbranched alkanes of at least 4 members (excludes halogenated alkanes) is 3. The van der Waals surface area contributed by atoms with Gasteiger partial charge < -0.3 is 30.8 Å². The van der Waals surface area contributed by atoms with Gasteiger partial charge in [0.25, 0.3) is 0 Å². The summed E-state index contributed by atoms with van der Waals surface area (Å²) < 4.78 is 1.60. The van der Waals surface area contributed by atoms with Crippen LogP contribution in [0, 0.1) is 5.92 Å². The summed E-state index contributed by atoms with van der Waals surface area (Å²) in [6, 6.07) is 3.79. The Morgan fingerprint density at radius 3 is 2.28 bits per heavy atom. The van der Waals surface area contributed by atoms with E-state index in [1.165, 1.54) is 11.8 Å². The number of ketones is 1. The minimum Gasteiger partial charge on any atom is -0.417 e. The van der Waals surface area contributed by atoms with Crippen LogP contribution in [-0.4, -0.2) is 88.1 Å². The monoisotopic (exact) mass is 655 g/mol. The predicted octanol–water partition coefficient (Wildman–Crippen LogP) is 2.67. The number of nitrogens with zero attached hydrogens (tertiary/aromatic N) is 2. The molecule has 2 aromatic rings. The maximum absolute atomic E-state index is 14.1. The summed E-state index contributed by atoms with van der Waals surface area (Å²) >= 11 is 0. The molecule has 12 nitrogen and oxygen atoms in total. The van der Waals surface area contributed by atoms with Crippen LogP contribution in [0.1, 0.15) is 91.5 Å². The Balaban J connectivity index is 1.98. The highest BCUT2D eigenvalue weighted by molar-refractivity contribution is 5.98. The molecule has 0 spiro atoms. The van der Waals surface area contributed by atoms with E-state index < -0.39 is 48.0 Å². The van der Waals surface area contributed by atoms with Crippen LogP contribution in [0.3, 0.4) is 0 Å². The molecule has 1 aliphatic rings. The minimum absolute atomic E-state index is 0.119. The molecule has 2 unspecified atom stereocenters. The number of aliphatic hydroxyl groups is 1. The van der Waals surface area contributed by atoms with E-state index >= 15 is 0 Å². The van der Waals surface area contributed by atoms with E-state index in [-0.39, 0.29) is 36.9 Å². The van der Waals surface area contributed by atoms with Crippen molar-refractivity contribution in [2.45, 2.75) is 123 Å². The number of amides is 4. The molecule has 0 bridgehead atoms. The second kappa shape index (κ2) is 17.8. The van der Waals surface area contributed by atoms with Crippen molar-refractivity contribution in [3.8, 4) is 0 Å². The van der Waals surface area contributed by atoms with Gasteiger partial charge in [-0.25, -0.2) is 0 Å². The Labute approximate surface area is 277 Å². The van der Waals surface area contributed by atoms with Crippen molar-refractivity contribution >= 4 is 40.3 Å². The number of carbonyl (C=O) groups is 5. The SMILES string of the molecule is CCCCN1C(=O)[C@H](C(C)CC)NC(=O)[C@H](Cc2cn(OC)c3ccccc23)NC(=O)[C@H](CCCCCC(=O)C(C)O)NC(=O)[C@H]1C. The standard InChI is InChI=1S/C35H53N5O7/c1-7-9-19-39-23(4)32(43)36-27(16-11-10-12-18-30(42)24(5)41)33(44)37-28(34(45)38-31(35(39)46)22(3)8-2)20-25-21-40(47-6)29-17-14-13-15-26(25)29/h13-15,17,21-24,27-28,31,41H,7-12,16,18-20H2,1-6H3,(H,36,43)(H,37,44)(H,38,45)/t22?,23-,24?,27+,28+,31+/m1/s1. The smallest absolute Gasteiger partial charge is 0.246 e. The first-order valence-corrected chi connectivity index (χ1v) is 17.0. The molecule has 1 aromatic carbocycles. The Morgan fingerprint density at radius 2 is 1.62 bits per heavy atom. The Hall–Kier alpha value is -3.93. The number of fused-ring (bicyclic) bond motifs is 1. The zero-order chi connectivity index (χ0) is 34.7. The molecule has 4 amide bonds. The maximum Gasteiger partial charge on any atom is 0.246 e. The summed E-state index contributed by atoms with van der Waals surface area (Å²) in [6.07, 6.45) is 5.11. The van der Waals surface area contributed by atoms with Crippen molar-refractivity contribution < 1.29 is 33.9 Å². The lowest BCUT2D eigenvalue weighted by Crippen LogP contribution is -2.63. The summed E-state index contributed by atoms with van der Waals surface area (Å²) in [7, 11) is 1.54. The molecule has 0 radical (unpaired) electrons. The van der Waals surface area contributed by atoms with Gasteiger partial charge in [-0.1, -0.05) is 64.7 Å². The Bertz CT molecular complexity index is 1390. The summed E-state index contributed by atoms with van der Waals surface area (Å²) in [5, 5.41) is 19.1. The molecule has 0 saturated carbocycles. The molecule has 1 aromatic heterocycles. The third-order valence-corrected chi connectivity index (χ3v) is 9.19.